The van der Waals surface area contributed by atoms with E-state index in [9.17, 15) is 18.0 Å². The van der Waals surface area contributed by atoms with Crippen molar-refractivity contribution in [3.8, 4) is 10.7 Å². The van der Waals surface area contributed by atoms with Crippen LogP contribution in [0.1, 0.15) is 21.4 Å². The number of rotatable bonds is 4. The fourth-order valence-corrected chi connectivity index (χ4v) is 2.58. The largest absolute Gasteiger partial charge is 0.475 e. The molecule has 0 amide bonds. The van der Waals surface area contributed by atoms with Gasteiger partial charge in [-0.25, -0.2) is 14.5 Å². The number of hydrogen-bond acceptors (Lipinski definition) is 7. The van der Waals surface area contributed by atoms with E-state index in [1.54, 1.807) is 12.1 Å². The van der Waals surface area contributed by atoms with Crippen LogP contribution in [0.2, 0.25) is 0 Å². The molecular weight excluding hydrogens is 339 g/mol. The van der Waals surface area contributed by atoms with Crippen LogP contribution in [0.5, 0.6) is 0 Å². The van der Waals surface area contributed by atoms with Crippen molar-refractivity contribution in [2.24, 2.45) is 0 Å². The molecule has 120 valence electrons. The van der Waals surface area contributed by atoms with E-state index < -0.39 is 18.0 Å². The standard InChI is InChI=1S/C11H6F3N5O3S/c12-11(13,14)10-16-7(18-22-10)6-2-1-5(23-6)3-19-4-15-8(17-19)9(20)21/h1-2,4H,3H2,(H,20,21). The molecule has 0 aliphatic heterocycles. The minimum Gasteiger partial charge on any atom is -0.475 e. The molecule has 0 aromatic carbocycles. The molecule has 0 radical (unpaired) electrons. The van der Waals surface area contributed by atoms with Gasteiger partial charge in [-0.15, -0.1) is 16.4 Å². The van der Waals surface area contributed by atoms with Crippen molar-refractivity contribution in [2.45, 2.75) is 12.7 Å². The Labute approximate surface area is 129 Å². The van der Waals surface area contributed by atoms with Gasteiger partial charge in [-0.3, -0.25) is 0 Å². The molecule has 23 heavy (non-hydrogen) atoms. The number of carbonyl (C=O) groups is 1. The molecule has 3 aromatic heterocycles. The number of aromatic nitrogens is 5. The number of aromatic carboxylic acids is 1. The second-order valence-corrected chi connectivity index (χ2v) is 5.43. The van der Waals surface area contributed by atoms with Crippen LogP contribution in [-0.4, -0.2) is 36.0 Å². The summed E-state index contributed by atoms with van der Waals surface area (Å²) in [4.78, 5) is 18.7. The quantitative estimate of drug-likeness (QED) is 0.772. The Morgan fingerprint density at radius 1 is 1.39 bits per heavy atom. The Kier molecular flexibility index (Phi) is 3.60. The van der Waals surface area contributed by atoms with Crippen LogP contribution >= 0.6 is 11.3 Å². The van der Waals surface area contributed by atoms with Crippen LogP contribution in [0.3, 0.4) is 0 Å². The molecule has 3 rings (SSSR count). The summed E-state index contributed by atoms with van der Waals surface area (Å²) < 4.78 is 42.7. The molecule has 0 aliphatic rings. The first-order valence-corrected chi connectivity index (χ1v) is 6.77. The van der Waals surface area contributed by atoms with Gasteiger partial charge in [0, 0.05) is 4.88 Å². The zero-order valence-corrected chi connectivity index (χ0v) is 11.8. The lowest BCUT2D eigenvalue weighted by atomic mass is 10.4. The zero-order valence-electron chi connectivity index (χ0n) is 11.0. The number of alkyl halides is 3. The van der Waals surface area contributed by atoms with Gasteiger partial charge in [0.15, 0.2) is 0 Å². The lowest BCUT2D eigenvalue weighted by Crippen LogP contribution is -2.04. The first-order valence-electron chi connectivity index (χ1n) is 5.95. The van der Waals surface area contributed by atoms with E-state index >= 15 is 0 Å². The van der Waals surface area contributed by atoms with Crippen LogP contribution in [0.25, 0.3) is 10.7 Å². The minimum atomic E-state index is -4.70. The van der Waals surface area contributed by atoms with Gasteiger partial charge in [0.05, 0.1) is 11.4 Å². The number of carboxylic acid groups (broad SMARTS) is 1. The van der Waals surface area contributed by atoms with E-state index in [4.69, 9.17) is 5.11 Å². The van der Waals surface area contributed by atoms with Gasteiger partial charge in [0.1, 0.15) is 6.33 Å². The molecule has 0 aliphatic carbocycles. The fraction of sp³-hybridized carbons (Fsp3) is 0.182. The molecule has 12 heteroatoms. The highest BCUT2D eigenvalue weighted by atomic mass is 32.1. The van der Waals surface area contributed by atoms with Crippen molar-refractivity contribution in [1.29, 1.82) is 0 Å². The van der Waals surface area contributed by atoms with E-state index in [0.29, 0.717) is 9.75 Å². The Morgan fingerprint density at radius 3 is 2.78 bits per heavy atom. The average Bonchev–Trinajstić information content (AvgIpc) is 3.17. The monoisotopic (exact) mass is 345 g/mol. The number of nitrogens with zero attached hydrogens (tertiary/aromatic N) is 5. The lowest BCUT2D eigenvalue weighted by molar-refractivity contribution is -0.159. The predicted octanol–water partition coefficient (Wildman–Crippen LogP) is 2.15. The first-order chi connectivity index (χ1) is 10.8. The molecule has 3 aromatic rings. The van der Waals surface area contributed by atoms with Crippen molar-refractivity contribution >= 4 is 17.3 Å². The first kappa shape index (κ1) is 15.1. The van der Waals surface area contributed by atoms with E-state index in [2.05, 4.69) is 24.7 Å². The molecule has 3 heterocycles. The Balaban J connectivity index is 1.77. The molecule has 0 atom stereocenters. The van der Waals surface area contributed by atoms with Gasteiger partial charge < -0.3 is 9.63 Å². The molecule has 0 fully saturated rings. The van der Waals surface area contributed by atoms with Crippen LogP contribution < -0.4 is 0 Å². The summed E-state index contributed by atoms with van der Waals surface area (Å²) in [5.74, 6) is -3.17. The summed E-state index contributed by atoms with van der Waals surface area (Å²) in [7, 11) is 0. The van der Waals surface area contributed by atoms with Crippen molar-refractivity contribution in [1.82, 2.24) is 24.9 Å². The smallest absolute Gasteiger partial charge is 0.471 e. The van der Waals surface area contributed by atoms with Crippen molar-refractivity contribution in [3.05, 3.63) is 35.1 Å². The Bertz CT molecular complexity index is 853. The maximum atomic E-state index is 12.4. The highest BCUT2D eigenvalue weighted by Crippen LogP contribution is 2.31. The number of halogens is 3. The van der Waals surface area contributed by atoms with Crippen molar-refractivity contribution in [3.63, 3.8) is 0 Å². The fourth-order valence-electron chi connectivity index (χ4n) is 1.65. The maximum Gasteiger partial charge on any atom is 0.471 e. The normalized spacial score (nSPS) is 11.8. The summed E-state index contributed by atoms with van der Waals surface area (Å²) in [5.41, 5.74) is 0. The lowest BCUT2D eigenvalue weighted by Gasteiger charge is -1.96. The van der Waals surface area contributed by atoms with E-state index in [1.807, 2.05) is 0 Å². The third kappa shape index (κ3) is 3.21. The molecular formula is C11H6F3N5O3S. The van der Waals surface area contributed by atoms with Gasteiger partial charge in [-0.1, -0.05) is 5.16 Å². The highest BCUT2D eigenvalue weighted by molar-refractivity contribution is 7.15. The summed E-state index contributed by atoms with van der Waals surface area (Å²) in [6.45, 7) is 0.217. The second kappa shape index (κ2) is 5.46. The molecule has 8 nitrogen and oxygen atoms in total. The van der Waals surface area contributed by atoms with E-state index in [-0.39, 0.29) is 18.2 Å². The molecule has 0 bridgehead atoms. The third-order valence-corrected chi connectivity index (χ3v) is 3.66. The summed E-state index contributed by atoms with van der Waals surface area (Å²) in [6, 6.07) is 3.19. The van der Waals surface area contributed by atoms with E-state index in [1.165, 1.54) is 11.0 Å². The number of thiophene rings is 1. The maximum absolute atomic E-state index is 12.4. The van der Waals surface area contributed by atoms with Crippen LogP contribution in [-0.2, 0) is 12.7 Å². The molecule has 0 saturated carbocycles. The second-order valence-electron chi connectivity index (χ2n) is 4.26. The minimum absolute atomic E-state index is 0.168. The Morgan fingerprint density at radius 2 is 2.17 bits per heavy atom. The molecule has 0 spiro atoms. The van der Waals surface area contributed by atoms with Gasteiger partial charge in [0.2, 0.25) is 5.82 Å². The summed E-state index contributed by atoms with van der Waals surface area (Å²) >= 11 is 1.13. The number of hydrogen-bond donors (Lipinski definition) is 1. The number of carboxylic acids is 1. The van der Waals surface area contributed by atoms with Gasteiger partial charge >= 0.3 is 18.0 Å². The summed E-state index contributed by atoms with van der Waals surface area (Å²) in [5, 5.41) is 15.8. The summed E-state index contributed by atoms with van der Waals surface area (Å²) in [6.07, 6.45) is -3.45. The van der Waals surface area contributed by atoms with Gasteiger partial charge in [-0.05, 0) is 12.1 Å². The van der Waals surface area contributed by atoms with Crippen molar-refractivity contribution in [2.75, 3.05) is 0 Å². The zero-order chi connectivity index (χ0) is 16.6. The topological polar surface area (TPSA) is 107 Å². The molecule has 0 unspecified atom stereocenters. The average molecular weight is 345 g/mol. The molecule has 1 N–H and O–H groups in total. The van der Waals surface area contributed by atoms with E-state index in [0.717, 1.165) is 11.3 Å². The van der Waals surface area contributed by atoms with Gasteiger partial charge in [-0.2, -0.15) is 18.2 Å². The SMILES string of the molecule is O=C(O)c1ncn(Cc2ccc(-c3noc(C(F)(F)F)n3)s2)n1. The van der Waals surface area contributed by atoms with Crippen molar-refractivity contribution < 1.29 is 27.6 Å². The van der Waals surface area contributed by atoms with Crippen LogP contribution in [0.15, 0.2) is 23.0 Å². The molecule has 0 saturated heterocycles. The Hall–Kier alpha value is -2.76. The predicted molar refractivity (Wildman–Crippen MR) is 68.7 cm³/mol. The third-order valence-electron chi connectivity index (χ3n) is 2.60. The van der Waals surface area contributed by atoms with Gasteiger partial charge in [0.25, 0.3) is 5.82 Å². The highest BCUT2D eigenvalue weighted by Gasteiger charge is 2.38. The van der Waals surface area contributed by atoms with Crippen LogP contribution in [0, 0.1) is 0 Å². The van der Waals surface area contributed by atoms with Crippen LogP contribution in [0.4, 0.5) is 13.2 Å².